The second-order valence-corrected chi connectivity index (χ2v) is 7.76. The Kier molecular flexibility index (Phi) is 6.24. The molecule has 28 heavy (non-hydrogen) atoms. The number of ether oxygens (including phenoxy) is 1. The number of H-pyrrole nitrogens is 1. The van der Waals surface area contributed by atoms with Gasteiger partial charge in [0.1, 0.15) is 12.1 Å². The van der Waals surface area contributed by atoms with Crippen LogP contribution in [0.5, 0.6) is 0 Å². The number of carbonyl (C=O) groups is 2. The summed E-state index contributed by atoms with van der Waals surface area (Å²) in [6.07, 6.45) is 2.80. The van der Waals surface area contributed by atoms with Gasteiger partial charge < -0.3 is 19.9 Å². The molecular formula is C20H25ClN4O3. The fourth-order valence-electron chi connectivity index (χ4n) is 3.57. The minimum atomic E-state index is -0.696. The highest BCUT2D eigenvalue weighted by atomic mass is 35.5. The van der Waals surface area contributed by atoms with Crippen LogP contribution in [0, 0.1) is 5.92 Å². The summed E-state index contributed by atoms with van der Waals surface area (Å²) in [5.41, 5.74) is 2.66. The van der Waals surface area contributed by atoms with Crippen LogP contribution in [0.25, 0.3) is 0 Å². The third-order valence-corrected chi connectivity index (χ3v) is 5.08. The quantitative estimate of drug-likeness (QED) is 0.748. The smallest absolute Gasteiger partial charge is 0.328 e. The van der Waals surface area contributed by atoms with Crippen LogP contribution < -0.4 is 5.32 Å². The van der Waals surface area contributed by atoms with Gasteiger partial charge in [-0.2, -0.15) is 0 Å². The number of amides is 2. The molecule has 0 radical (unpaired) electrons. The maximum atomic E-state index is 13.1. The van der Waals surface area contributed by atoms with E-state index >= 15 is 0 Å². The molecule has 0 spiro atoms. The summed E-state index contributed by atoms with van der Waals surface area (Å²) in [7, 11) is 1.33. The van der Waals surface area contributed by atoms with Crippen molar-refractivity contribution in [3.63, 3.8) is 0 Å². The summed E-state index contributed by atoms with van der Waals surface area (Å²) < 4.78 is 4.87. The molecule has 0 bridgehead atoms. The van der Waals surface area contributed by atoms with E-state index in [4.69, 9.17) is 16.3 Å². The number of fused-ring (bicyclic) bond motifs is 1. The van der Waals surface area contributed by atoms with Crippen molar-refractivity contribution in [3.05, 3.63) is 52.6 Å². The predicted octanol–water partition coefficient (Wildman–Crippen LogP) is 3.31. The van der Waals surface area contributed by atoms with Crippen molar-refractivity contribution in [2.24, 2.45) is 5.92 Å². The van der Waals surface area contributed by atoms with E-state index in [2.05, 4.69) is 15.3 Å². The maximum absolute atomic E-state index is 13.1. The van der Waals surface area contributed by atoms with Crippen molar-refractivity contribution < 1.29 is 14.3 Å². The Morgan fingerprint density at radius 1 is 1.43 bits per heavy atom. The molecule has 0 saturated carbocycles. The van der Waals surface area contributed by atoms with Gasteiger partial charge in [-0.3, -0.25) is 0 Å². The number of halogens is 1. The molecule has 8 heteroatoms. The van der Waals surface area contributed by atoms with Gasteiger partial charge >= 0.3 is 12.0 Å². The van der Waals surface area contributed by atoms with Gasteiger partial charge in [0.15, 0.2) is 0 Å². The molecular weight excluding hydrogens is 380 g/mol. The number of urea groups is 1. The zero-order chi connectivity index (χ0) is 20.3. The molecule has 2 atom stereocenters. The number of esters is 1. The third kappa shape index (κ3) is 4.30. The number of hydrogen-bond acceptors (Lipinski definition) is 4. The summed E-state index contributed by atoms with van der Waals surface area (Å²) in [5.74, 6) is -0.216. The first-order valence-electron chi connectivity index (χ1n) is 9.33. The first-order chi connectivity index (χ1) is 13.4. The van der Waals surface area contributed by atoms with Crippen molar-refractivity contribution in [1.29, 1.82) is 0 Å². The Bertz CT molecular complexity index is 851. The van der Waals surface area contributed by atoms with Crippen LogP contribution in [0.3, 0.4) is 0 Å². The first kappa shape index (κ1) is 20.2. The van der Waals surface area contributed by atoms with Crippen LogP contribution >= 0.6 is 11.6 Å². The highest BCUT2D eigenvalue weighted by Gasteiger charge is 2.36. The number of rotatable bonds is 5. The average Bonchev–Trinajstić information content (AvgIpc) is 3.14. The molecule has 150 valence electrons. The summed E-state index contributed by atoms with van der Waals surface area (Å²) in [6.45, 7) is 4.48. The molecule has 1 aliphatic rings. The van der Waals surface area contributed by atoms with Crippen LogP contribution in [0.1, 0.15) is 43.3 Å². The molecule has 0 saturated heterocycles. The zero-order valence-electron chi connectivity index (χ0n) is 16.2. The van der Waals surface area contributed by atoms with E-state index < -0.39 is 12.0 Å². The lowest BCUT2D eigenvalue weighted by Gasteiger charge is -2.36. The molecule has 2 N–H and O–H groups in total. The minimum Gasteiger partial charge on any atom is -0.467 e. The molecule has 1 aliphatic heterocycles. The molecule has 2 amide bonds. The Morgan fingerprint density at radius 2 is 2.21 bits per heavy atom. The largest absolute Gasteiger partial charge is 0.467 e. The molecule has 3 rings (SSSR count). The zero-order valence-corrected chi connectivity index (χ0v) is 17.0. The lowest BCUT2D eigenvalue weighted by atomic mass is 9.96. The number of benzene rings is 1. The van der Waals surface area contributed by atoms with Crippen LogP contribution in [0.2, 0.25) is 5.02 Å². The average molecular weight is 405 g/mol. The van der Waals surface area contributed by atoms with Crippen molar-refractivity contribution >= 4 is 23.6 Å². The summed E-state index contributed by atoms with van der Waals surface area (Å²) in [4.78, 5) is 34.6. The fourth-order valence-corrected chi connectivity index (χ4v) is 3.77. The second kappa shape index (κ2) is 8.65. The Labute approximate surface area is 169 Å². The second-order valence-electron chi connectivity index (χ2n) is 7.32. The van der Waals surface area contributed by atoms with Crippen LogP contribution in [0.4, 0.5) is 4.79 Å². The number of imidazole rings is 1. The lowest BCUT2D eigenvalue weighted by Crippen LogP contribution is -2.51. The first-order valence-corrected chi connectivity index (χ1v) is 9.71. The van der Waals surface area contributed by atoms with E-state index in [1.807, 2.05) is 32.0 Å². The number of aromatic amines is 1. The predicted molar refractivity (Wildman–Crippen MR) is 106 cm³/mol. The Morgan fingerprint density at radius 3 is 2.89 bits per heavy atom. The van der Waals surface area contributed by atoms with Gasteiger partial charge in [-0.05, 0) is 30.0 Å². The van der Waals surface area contributed by atoms with Gasteiger partial charge in [0.25, 0.3) is 0 Å². The van der Waals surface area contributed by atoms with E-state index in [0.717, 1.165) is 17.0 Å². The van der Waals surface area contributed by atoms with E-state index in [1.54, 1.807) is 17.3 Å². The van der Waals surface area contributed by atoms with Gasteiger partial charge in [0.2, 0.25) is 0 Å². The number of aromatic nitrogens is 2. The molecule has 2 aromatic rings. The topological polar surface area (TPSA) is 87.3 Å². The van der Waals surface area contributed by atoms with E-state index in [1.165, 1.54) is 7.11 Å². The molecule has 2 heterocycles. The maximum Gasteiger partial charge on any atom is 0.328 e. The summed E-state index contributed by atoms with van der Waals surface area (Å²) >= 11 is 6.19. The monoisotopic (exact) mass is 404 g/mol. The van der Waals surface area contributed by atoms with E-state index in [-0.39, 0.29) is 18.0 Å². The van der Waals surface area contributed by atoms with Gasteiger partial charge in [0.05, 0.1) is 19.1 Å². The number of methoxy groups -OCH3 is 1. The Balaban J connectivity index is 1.90. The molecule has 0 unspecified atom stereocenters. The van der Waals surface area contributed by atoms with Crippen LogP contribution in [-0.2, 0) is 16.0 Å². The Hall–Kier alpha value is -2.54. The van der Waals surface area contributed by atoms with Gasteiger partial charge in [-0.1, -0.05) is 37.6 Å². The number of nitrogens with zero attached hydrogens (tertiary/aromatic N) is 2. The molecule has 0 fully saturated rings. The van der Waals surface area contributed by atoms with Gasteiger partial charge in [-0.15, -0.1) is 0 Å². The van der Waals surface area contributed by atoms with E-state index in [0.29, 0.717) is 24.4 Å². The standard InChI is InChI=1S/C20H25ClN4O3/c1-12(2)9-16(19(26)28-3)24-20(27)25-8-7-15-17(23-11-22-15)18(25)13-5-4-6-14(21)10-13/h4-6,10-12,16,18H,7-9H2,1-3H3,(H,22,23)(H,24,27)/t16-,18+/m1/s1. The fraction of sp³-hybridized carbons (Fsp3) is 0.450. The van der Waals surface area contributed by atoms with Crippen molar-refractivity contribution in [3.8, 4) is 0 Å². The van der Waals surface area contributed by atoms with Crippen LogP contribution in [-0.4, -0.2) is 46.6 Å². The molecule has 1 aromatic carbocycles. The normalized spacial score (nSPS) is 17.2. The highest BCUT2D eigenvalue weighted by molar-refractivity contribution is 6.30. The van der Waals surface area contributed by atoms with Gasteiger partial charge in [0, 0.05) is 23.7 Å². The van der Waals surface area contributed by atoms with Crippen molar-refractivity contribution in [1.82, 2.24) is 20.2 Å². The summed E-state index contributed by atoms with van der Waals surface area (Å²) in [5, 5.41) is 3.44. The molecule has 7 nitrogen and oxygen atoms in total. The van der Waals surface area contributed by atoms with Crippen molar-refractivity contribution in [2.45, 2.75) is 38.8 Å². The van der Waals surface area contributed by atoms with Gasteiger partial charge in [-0.25, -0.2) is 14.6 Å². The van der Waals surface area contributed by atoms with Crippen LogP contribution in [0.15, 0.2) is 30.6 Å². The number of nitrogens with one attached hydrogen (secondary N) is 2. The SMILES string of the molecule is COC(=O)[C@@H](CC(C)C)NC(=O)N1CCc2[nH]cnc2[C@@H]1c1cccc(Cl)c1. The van der Waals surface area contributed by atoms with Crippen molar-refractivity contribution in [2.75, 3.05) is 13.7 Å². The summed E-state index contributed by atoms with van der Waals surface area (Å²) in [6, 6.07) is 6.00. The molecule has 1 aromatic heterocycles. The highest BCUT2D eigenvalue weighted by Crippen LogP contribution is 2.34. The molecule has 0 aliphatic carbocycles. The minimum absolute atomic E-state index is 0.229. The number of hydrogen-bond donors (Lipinski definition) is 2. The third-order valence-electron chi connectivity index (χ3n) is 4.84. The van der Waals surface area contributed by atoms with E-state index in [9.17, 15) is 9.59 Å². The lowest BCUT2D eigenvalue weighted by molar-refractivity contribution is -0.143. The number of carbonyl (C=O) groups excluding carboxylic acids is 2.